The lowest BCUT2D eigenvalue weighted by Crippen LogP contribution is -1.88. The van der Waals surface area contributed by atoms with Crippen LogP contribution in [0.4, 0.5) is 0 Å². The van der Waals surface area contributed by atoms with Crippen LogP contribution >= 0.6 is 28.7 Å². The van der Waals surface area contributed by atoms with Gasteiger partial charge in [-0.3, -0.25) is 3.97 Å². The van der Waals surface area contributed by atoms with E-state index in [2.05, 4.69) is 85.7 Å². The average Bonchev–Trinajstić information content (AvgIpc) is 2.84. The highest BCUT2D eigenvalue weighted by Gasteiger charge is 2.13. The van der Waals surface area contributed by atoms with Crippen molar-refractivity contribution in [3.8, 4) is 11.1 Å². The lowest BCUT2D eigenvalue weighted by atomic mass is 9.96. The molecule has 2 aromatic rings. The van der Waals surface area contributed by atoms with Gasteiger partial charge in [0.15, 0.2) is 0 Å². The van der Waals surface area contributed by atoms with Crippen LogP contribution in [0, 0.1) is 6.92 Å². The molecule has 0 unspecified atom stereocenters. The van der Waals surface area contributed by atoms with Crippen molar-refractivity contribution in [2.75, 3.05) is 0 Å². The molecule has 1 aromatic heterocycles. The van der Waals surface area contributed by atoms with Gasteiger partial charge < -0.3 is 0 Å². The topological polar surface area (TPSA) is 4.93 Å². The number of nitrogens with zero attached hydrogens (tertiary/aromatic N) is 1. The molecule has 0 saturated heterocycles. The summed E-state index contributed by atoms with van der Waals surface area (Å²) in [5.41, 5.74) is 6.10. The van der Waals surface area contributed by atoms with E-state index in [1.807, 2.05) is 17.8 Å². The number of benzene rings is 1. The Hall–Kier alpha value is -1.19. The van der Waals surface area contributed by atoms with Crippen molar-refractivity contribution in [2.45, 2.75) is 34.1 Å². The zero-order chi connectivity index (χ0) is 16.7. The number of aromatic nitrogens is 1. The van der Waals surface area contributed by atoms with Gasteiger partial charge >= 0.3 is 0 Å². The Bertz CT molecular complexity index is 668. The van der Waals surface area contributed by atoms with Crippen LogP contribution in [-0.4, -0.2) is 3.97 Å². The quantitative estimate of drug-likeness (QED) is 0.448. The third kappa shape index (κ3) is 4.17. The molecule has 0 aliphatic carbocycles. The molecule has 1 nitrogen and oxygen atoms in total. The van der Waals surface area contributed by atoms with E-state index in [-0.39, 0.29) is 0 Å². The Kier molecular flexibility index (Phi) is 7.77. The van der Waals surface area contributed by atoms with Crippen LogP contribution in [0.2, 0.25) is 0 Å². The summed E-state index contributed by atoms with van der Waals surface area (Å²) in [5, 5.41) is 0. The van der Waals surface area contributed by atoms with Gasteiger partial charge in [0.2, 0.25) is 0 Å². The molecule has 0 fully saturated rings. The predicted molar refractivity (Wildman–Crippen MR) is 107 cm³/mol. The van der Waals surface area contributed by atoms with E-state index >= 15 is 0 Å². The molecule has 0 atom stereocenters. The zero-order valence-corrected chi connectivity index (χ0v) is 16.2. The standard InChI is InChI=1S/C17H18BrNS.C2H6/c1-4-13-8-6-7-9-15(13)17-11-19(20)12(3)16(17)10-14(18)5-2;1-2/h5-11,20H,2,4H2,1,3H3;1-2H3/b14-10+;. The largest absolute Gasteiger partial charge is 0.298 e. The van der Waals surface area contributed by atoms with Crippen molar-refractivity contribution in [1.82, 2.24) is 3.97 Å². The van der Waals surface area contributed by atoms with Gasteiger partial charge in [-0.15, -0.1) is 0 Å². The molecule has 2 rings (SSSR count). The Morgan fingerprint density at radius 3 is 2.50 bits per heavy atom. The molecule has 1 aromatic carbocycles. The van der Waals surface area contributed by atoms with Crippen molar-refractivity contribution in [3.63, 3.8) is 0 Å². The van der Waals surface area contributed by atoms with Crippen LogP contribution in [-0.2, 0) is 6.42 Å². The number of allylic oxidation sites excluding steroid dienone is 2. The van der Waals surface area contributed by atoms with Crippen LogP contribution in [0.5, 0.6) is 0 Å². The van der Waals surface area contributed by atoms with Gasteiger partial charge in [0.05, 0.1) is 0 Å². The van der Waals surface area contributed by atoms with Crippen LogP contribution in [0.1, 0.15) is 37.6 Å². The molecule has 0 bridgehead atoms. The Morgan fingerprint density at radius 2 is 1.91 bits per heavy atom. The van der Waals surface area contributed by atoms with E-state index in [1.54, 1.807) is 6.08 Å². The maximum absolute atomic E-state index is 4.50. The minimum absolute atomic E-state index is 0.968. The Balaban J connectivity index is 0.00000116. The average molecular weight is 378 g/mol. The third-order valence-corrected chi connectivity index (χ3v) is 4.41. The normalized spacial score (nSPS) is 10.9. The third-order valence-electron chi connectivity index (χ3n) is 3.44. The monoisotopic (exact) mass is 377 g/mol. The minimum Gasteiger partial charge on any atom is -0.298 e. The first-order valence-corrected chi connectivity index (χ1v) is 8.76. The van der Waals surface area contributed by atoms with Crippen molar-refractivity contribution in [2.24, 2.45) is 0 Å². The molecular formula is C19H24BrNS. The van der Waals surface area contributed by atoms with Gasteiger partial charge in [-0.1, -0.05) is 86.4 Å². The van der Waals surface area contributed by atoms with Crippen molar-refractivity contribution >= 4 is 34.8 Å². The number of aryl methyl sites for hydroxylation is 1. The van der Waals surface area contributed by atoms with Crippen molar-refractivity contribution < 1.29 is 0 Å². The second kappa shape index (κ2) is 9.06. The first kappa shape index (κ1) is 18.9. The first-order valence-electron chi connectivity index (χ1n) is 7.57. The highest BCUT2D eigenvalue weighted by Crippen LogP contribution is 2.33. The van der Waals surface area contributed by atoms with E-state index in [4.69, 9.17) is 0 Å². The van der Waals surface area contributed by atoms with Gasteiger partial charge in [0.25, 0.3) is 0 Å². The molecule has 3 heteroatoms. The van der Waals surface area contributed by atoms with Crippen LogP contribution < -0.4 is 0 Å². The molecule has 0 N–H and O–H groups in total. The van der Waals surface area contributed by atoms with Crippen LogP contribution in [0.3, 0.4) is 0 Å². The fourth-order valence-corrected chi connectivity index (χ4v) is 2.74. The smallest absolute Gasteiger partial charge is 0.0338 e. The van der Waals surface area contributed by atoms with Gasteiger partial charge in [-0.05, 0) is 30.5 Å². The van der Waals surface area contributed by atoms with Crippen LogP contribution in [0.25, 0.3) is 17.2 Å². The molecule has 0 amide bonds. The maximum atomic E-state index is 4.50. The fraction of sp³-hybridized carbons (Fsp3) is 0.263. The van der Waals surface area contributed by atoms with E-state index in [9.17, 15) is 0 Å². The zero-order valence-electron chi connectivity index (χ0n) is 13.7. The SMILES string of the molecule is C=C/C(Br)=C\c1c(-c2ccccc2CC)cn(S)c1C.CC. The summed E-state index contributed by atoms with van der Waals surface area (Å²) >= 11 is 8.01. The number of hydrogen-bond donors (Lipinski definition) is 1. The van der Waals surface area contributed by atoms with E-state index < -0.39 is 0 Å². The second-order valence-corrected chi connectivity index (χ2v) is 5.98. The summed E-state index contributed by atoms with van der Waals surface area (Å²) in [7, 11) is 0. The molecule has 1 heterocycles. The summed E-state index contributed by atoms with van der Waals surface area (Å²) in [5.74, 6) is 0. The molecule has 118 valence electrons. The fourth-order valence-electron chi connectivity index (χ4n) is 2.29. The van der Waals surface area contributed by atoms with Crippen molar-refractivity contribution in [1.29, 1.82) is 0 Å². The van der Waals surface area contributed by atoms with Crippen LogP contribution in [0.15, 0.2) is 47.6 Å². The Labute approximate surface area is 148 Å². The molecule has 0 saturated carbocycles. The summed E-state index contributed by atoms with van der Waals surface area (Å²) in [6.45, 7) is 12.0. The van der Waals surface area contributed by atoms with E-state index in [1.165, 1.54) is 22.3 Å². The van der Waals surface area contributed by atoms with Gasteiger partial charge in [-0.25, -0.2) is 0 Å². The Morgan fingerprint density at radius 1 is 1.27 bits per heavy atom. The van der Waals surface area contributed by atoms with Crippen molar-refractivity contribution in [3.05, 3.63) is 64.4 Å². The molecule has 0 spiro atoms. The number of hydrogen-bond acceptors (Lipinski definition) is 1. The number of halogens is 1. The lowest BCUT2D eigenvalue weighted by Gasteiger charge is -2.07. The summed E-state index contributed by atoms with van der Waals surface area (Å²) in [6.07, 6.45) is 6.97. The second-order valence-electron chi connectivity index (χ2n) is 4.63. The summed E-state index contributed by atoms with van der Waals surface area (Å²) in [4.78, 5) is 0. The van der Waals surface area contributed by atoms with E-state index in [0.29, 0.717) is 0 Å². The molecule has 22 heavy (non-hydrogen) atoms. The minimum atomic E-state index is 0.968. The lowest BCUT2D eigenvalue weighted by molar-refractivity contribution is 1.14. The summed E-state index contributed by atoms with van der Waals surface area (Å²) in [6, 6.07) is 8.51. The highest BCUT2D eigenvalue weighted by atomic mass is 79.9. The first-order chi connectivity index (χ1) is 10.6. The predicted octanol–water partition coefficient (Wildman–Crippen LogP) is 6.67. The molecule has 0 radical (unpaired) electrons. The molecule has 0 aliphatic heterocycles. The highest BCUT2D eigenvalue weighted by molar-refractivity contribution is 9.12. The van der Waals surface area contributed by atoms with Gasteiger partial charge in [0.1, 0.15) is 0 Å². The number of thiol groups is 1. The number of rotatable bonds is 4. The molecular weight excluding hydrogens is 354 g/mol. The summed E-state index contributed by atoms with van der Waals surface area (Å²) < 4.78 is 2.84. The van der Waals surface area contributed by atoms with E-state index in [0.717, 1.165) is 16.6 Å². The van der Waals surface area contributed by atoms with Gasteiger partial charge in [-0.2, -0.15) is 0 Å². The van der Waals surface area contributed by atoms with Gasteiger partial charge in [0, 0.05) is 27.5 Å². The molecule has 0 aliphatic rings. The maximum Gasteiger partial charge on any atom is 0.0338 e.